The van der Waals surface area contributed by atoms with Gasteiger partial charge in [-0.05, 0) is 12.1 Å². The maximum atomic E-state index is 12.1. The third-order valence-corrected chi connectivity index (χ3v) is 4.35. The Morgan fingerprint density at radius 3 is 2.64 bits per heavy atom. The van der Waals surface area contributed by atoms with Gasteiger partial charge in [0.15, 0.2) is 4.90 Å². The lowest BCUT2D eigenvalue weighted by molar-refractivity contribution is 0.577. The minimum Gasteiger partial charge on any atom is -0.341 e. The van der Waals surface area contributed by atoms with Crippen molar-refractivity contribution in [2.75, 3.05) is 0 Å². The van der Waals surface area contributed by atoms with Gasteiger partial charge in [0.25, 0.3) is 5.56 Å². The van der Waals surface area contributed by atoms with E-state index in [0.717, 1.165) is 11.7 Å². The van der Waals surface area contributed by atoms with Gasteiger partial charge < -0.3 is 9.97 Å². The Hall–Kier alpha value is -2.72. The van der Waals surface area contributed by atoms with Crippen molar-refractivity contribution in [1.29, 1.82) is 0 Å². The Morgan fingerprint density at radius 1 is 1.14 bits per heavy atom. The van der Waals surface area contributed by atoms with Crippen LogP contribution in [0.2, 0.25) is 0 Å². The van der Waals surface area contributed by atoms with Crippen LogP contribution in [0.4, 0.5) is 0 Å². The second kappa shape index (κ2) is 5.24. The Bertz CT molecular complexity index is 1010. The number of nitrogens with one attached hydrogen (secondary N) is 4. The van der Waals surface area contributed by atoms with Crippen molar-refractivity contribution >= 4 is 21.1 Å². The van der Waals surface area contributed by atoms with E-state index in [1.54, 1.807) is 6.07 Å². The molecule has 0 atom stereocenters. The van der Waals surface area contributed by atoms with Crippen LogP contribution in [0.1, 0.15) is 5.82 Å². The van der Waals surface area contributed by atoms with Crippen molar-refractivity contribution in [1.82, 2.24) is 24.7 Å². The summed E-state index contributed by atoms with van der Waals surface area (Å²) in [4.78, 5) is 33.0. The molecule has 3 aromatic rings. The SMILES string of the molecule is O=c1[nH]cc(S(=O)(=O)NCc2nc3ccccc3[nH]2)c(=O)[nH]1. The van der Waals surface area contributed by atoms with Crippen molar-refractivity contribution in [2.24, 2.45) is 0 Å². The van der Waals surface area contributed by atoms with Gasteiger partial charge in [-0.15, -0.1) is 0 Å². The first-order chi connectivity index (χ1) is 10.5. The fourth-order valence-corrected chi connectivity index (χ4v) is 2.92. The first-order valence-corrected chi connectivity index (χ1v) is 7.69. The van der Waals surface area contributed by atoms with E-state index in [-0.39, 0.29) is 6.54 Å². The highest BCUT2D eigenvalue weighted by Gasteiger charge is 2.19. The topological polar surface area (TPSA) is 141 Å². The highest BCUT2D eigenvalue weighted by atomic mass is 32.2. The number of fused-ring (bicyclic) bond motifs is 1. The van der Waals surface area contributed by atoms with E-state index in [1.807, 2.05) is 23.2 Å². The number of hydrogen-bond acceptors (Lipinski definition) is 5. The molecular formula is C12H11N5O4S. The van der Waals surface area contributed by atoms with Crippen LogP contribution < -0.4 is 16.0 Å². The van der Waals surface area contributed by atoms with E-state index in [4.69, 9.17) is 0 Å². The number of para-hydroxylation sites is 2. The van der Waals surface area contributed by atoms with E-state index in [0.29, 0.717) is 11.3 Å². The van der Waals surface area contributed by atoms with Gasteiger partial charge in [0.2, 0.25) is 10.0 Å². The number of imidazole rings is 1. The quantitative estimate of drug-likeness (QED) is 0.509. The van der Waals surface area contributed by atoms with Gasteiger partial charge in [0.1, 0.15) is 5.82 Å². The summed E-state index contributed by atoms with van der Waals surface area (Å²) in [6.45, 7) is -0.115. The molecule has 2 aromatic heterocycles. The van der Waals surface area contributed by atoms with Crippen LogP contribution in [-0.2, 0) is 16.6 Å². The highest BCUT2D eigenvalue weighted by Crippen LogP contribution is 2.10. The highest BCUT2D eigenvalue weighted by molar-refractivity contribution is 7.89. The monoisotopic (exact) mass is 321 g/mol. The Morgan fingerprint density at radius 2 is 1.91 bits per heavy atom. The maximum absolute atomic E-state index is 12.1. The Balaban J connectivity index is 1.85. The lowest BCUT2D eigenvalue weighted by Crippen LogP contribution is -2.33. The zero-order chi connectivity index (χ0) is 15.7. The molecule has 0 aliphatic heterocycles. The molecule has 0 spiro atoms. The van der Waals surface area contributed by atoms with Crippen LogP contribution in [0.15, 0.2) is 44.9 Å². The van der Waals surface area contributed by atoms with E-state index in [1.165, 1.54) is 0 Å². The molecule has 0 saturated carbocycles. The summed E-state index contributed by atoms with van der Waals surface area (Å²) in [7, 11) is -4.07. The molecule has 0 aliphatic rings. The molecule has 10 heteroatoms. The normalized spacial score (nSPS) is 11.8. The predicted octanol–water partition coefficient (Wildman–Crippen LogP) is -0.582. The number of aromatic amines is 3. The van der Waals surface area contributed by atoms with Crippen molar-refractivity contribution in [3.05, 3.63) is 57.1 Å². The molecular weight excluding hydrogens is 310 g/mol. The average Bonchev–Trinajstić information content (AvgIpc) is 2.87. The van der Waals surface area contributed by atoms with Crippen LogP contribution in [0, 0.1) is 0 Å². The second-order valence-electron chi connectivity index (χ2n) is 4.46. The van der Waals surface area contributed by atoms with Gasteiger partial charge in [-0.2, -0.15) is 0 Å². The smallest absolute Gasteiger partial charge is 0.325 e. The summed E-state index contributed by atoms with van der Waals surface area (Å²) in [5, 5.41) is 0. The first-order valence-electron chi connectivity index (χ1n) is 6.21. The molecule has 0 saturated heterocycles. The number of aromatic nitrogens is 4. The van der Waals surface area contributed by atoms with Crippen molar-refractivity contribution in [3.8, 4) is 0 Å². The molecule has 3 rings (SSSR count). The molecule has 0 amide bonds. The third-order valence-electron chi connectivity index (χ3n) is 2.94. The molecule has 0 radical (unpaired) electrons. The maximum Gasteiger partial charge on any atom is 0.325 e. The van der Waals surface area contributed by atoms with Crippen LogP contribution in [0.25, 0.3) is 11.0 Å². The standard InChI is InChI=1S/C12H11N5O4S/c18-11-9(5-13-12(19)17-11)22(20,21)14-6-10-15-7-3-1-2-4-8(7)16-10/h1-5,14H,6H2,(H,15,16)(H2,13,17,18,19). The zero-order valence-electron chi connectivity index (χ0n) is 11.1. The second-order valence-corrected chi connectivity index (χ2v) is 6.20. The molecule has 1 aromatic carbocycles. The predicted molar refractivity (Wildman–Crippen MR) is 77.8 cm³/mol. The van der Waals surface area contributed by atoms with E-state index < -0.39 is 26.2 Å². The number of nitrogens with zero attached hydrogens (tertiary/aromatic N) is 1. The third kappa shape index (κ3) is 2.69. The fourth-order valence-electron chi connectivity index (χ4n) is 1.93. The lowest BCUT2D eigenvalue weighted by Gasteiger charge is -2.03. The molecule has 114 valence electrons. The summed E-state index contributed by atoms with van der Waals surface area (Å²) in [6, 6.07) is 7.24. The van der Waals surface area contributed by atoms with E-state index in [2.05, 4.69) is 19.7 Å². The molecule has 9 nitrogen and oxygen atoms in total. The Kier molecular flexibility index (Phi) is 3.39. The van der Waals surface area contributed by atoms with Crippen LogP contribution in [0.5, 0.6) is 0 Å². The summed E-state index contributed by atoms with van der Waals surface area (Å²) >= 11 is 0. The van der Waals surface area contributed by atoms with E-state index in [9.17, 15) is 18.0 Å². The molecule has 0 fully saturated rings. The van der Waals surface area contributed by atoms with Gasteiger partial charge in [-0.3, -0.25) is 9.78 Å². The van der Waals surface area contributed by atoms with Crippen molar-refractivity contribution in [2.45, 2.75) is 11.4 Å². The number of rotatable bonds is 4. The fraction of sp³-hybridized carbons (Fsp3) is 0.0833. The summed E-state index contributed by atoms with van der Waals surface area (Å²) < 4.78 is 26.4. The van der Waals surface area contributed by atoms with Crippen LogP contribution in [0.3, 0.4) is 0 Å². The molecule has 4 N–H and O–H groups in total. The molecule has 0 bridgehead atoms. The van der Waals surface area contributed by atoms with Gasteiger partial charge in [0, 0.05) is 6.20 Å². The molecule has 0 aliphatic carbocycles. The van der Waals surface area contributed by atoms with Gasteiger partial charge in [0.05, 0.1) is 17.6 Å². The number of benzene rings is 1. The summed E-state index contributed by atoms with van der Waals surface area (Å²) in [5.74, 6) is 0.408. The summed E-state index contributed by atoms with van der Waals surface area (Å²) in [6.07, 6.45) is 0.849. The first kappa shape index (κ1) is 14.2. The van der Waals surface area contributed by atoms with Crippen molar-refractivity contribution in [3.63, 3.8) is 0 Å². The van der Waals surface area contributed by atoms with Crippen LogP contribution in [-0.4, -0.2) is 28.4 Å². The largest absolute Gasteiger partial charge is 0.341 e. The molecule has 22 heavy (non-hydrogen) atoms. The Labute approximate surface area is 123 Å². The van der Waals surface area contributed by atoms with Gasteiger partial charge in [-0.1, -0.05) is 12.1 Å². The number of H-pyrrole nitrogens is 3. The number of hydrogen-bond donors (Lipinski definition) is 4. The van der Waals surface area contributed by atoms with E-state index >= 15 is 0 Å². The average molecular weight is 321 g/mol. The number of sulfonamides is 1. The van der Waals surface area contributed by atoms with Crippen LogP contribution >= 0.6 is 0 Å². The summed E-state index contributed by atoms with van der Waals surface area (Å²) in [5.41, 5.74) is -0.278. The zero-order valence-corrected chi connectivity index (χ0v) is 11.9. The molecule has 0 unspecified atom stereocenters. The minimum atomic E-state index is -4.07. The van der Waals surface area contributed by atoms with Crippen molar-refractivity contribution < 1.29 is 8.42 Å². The minimum absolute atomic E-state index is 0.115. The van der Waals surface area contributed by atoms with Gasteiger partial charge >= 0.3 is 5.69 Å². The van der Waals surface area contributed by atoms with Gasteiger partial charge in [-0.25, -0.2) is 22.9 Å². The lowest BCUT2D eigenvalue weighted by atomic mass is 10.3. The molecule has 2 heterocycles.